The number of ether oxygens (including phenoxy) is 6. The van der Waals surface area contributed by atoms with Crippen molar-refractivity contribution in [1.82, 2.24) is 5.32 Å². The van der Waals surface area contributed by atoms with Crippen molar-refractivity contribution in [2.75, 3.05) is 19.8 Å². The highest BCUT2D eigenvalue weighted by Gasteiger charge is 2.52. The summed E-state index contributed by atoms with van der Waals surface area (Å²) in [7, 11) is 0. The first kappa shape index (κ1) is 38.2. The fraction of sp³-hybridized carbons (Fsp3) is 0.852. The predicted molar refractivity (Wildman–Crippen MR) is 151 cm³/mol. The maximum Gasteiger partial charge on any atom is 0.408 e. The molecule has 2 aliphatic rings. The summed E-state index contributed by atoms with van der Waals surface area (Å²) < 4.78 is 33.2. The third kappa shape index (κ3) is 12.4. The Hall–Kier alpha value is -4.00. The van der Waals surface area contributed by atoms with Gasteiger partial charge in [-0.15, -0.1) is 20.2 Å². The molecule has 0 radical (unpaired) electrons. The zero-order valence-corrected chi connectivity index (χ0v) is 26.9. The molecular formula is C27H43N3O16. The van der Waals surface area contributed by atoms with Gasteiger partial charge in [-0.2, -0.15) is 0 Å². The quantitative estimate of drug-likeness (QED) is 0.101. The van der Waals surface area contributed by atoms with Crippen LogP contribution in [0.5, 0.6) is 0 Å². The molecule has 19 nitrogen and oxygen atoms in total. The monoisotopic (exact) mass is 665 g/mol. The summed E-state index contributed by atoms with van der Waals surface area (Å²) in [5.74, 6) is -3.27. The van der Waals surface area contributed by atoms with Gasteiger partial charge in [0.2, 0.25) is 6.10 Å². The Bertz CT molecular complexity index is 1090. The molecule has 1 N–H and O–H groups in total. The van der Waals surface area contributed by atoms with E-state index in [9.17, 15) is 39.4 Å². The second-order valence-electron chi connectivity index (χ2n) is 12.4. The van der Waals surface area contributed by atoms with Gasteiger partial charge in [-0.05, 0) is 39.5 Å². The van der Waals surface area contributed by atoms with E-state index < -0.39 is 101 Å². The van der Waals surface area contributed by atoms with Crippen molar-refractivity contribution in [1.29, 1.82) is 0 Å². The van der Waals surface area contributed by atoms with Gasteiger partial charge in [0.1, 0.15) is 36.6 Å². The highest BCUT2D eigenvalue weighted by Crippen LogP contribution is 2.31. The number of nitrogens with zero attached hydrogens (tertiary/aromatic N) is 2. The van der Waals surface area contributed by atoms with Crippen molar-refractivity contribution in [2.24, 2.45) is 11.8 Å². The molecule has 46 heavy (non-hydrogen) atoms. The average Bonchev–Trinajstić information content (AvgIpc) is 3.50. The van der Waals surface area contributed by atoms with Crippen LogP contribution in [0.4, 0.5) is 4.79 Å². The third-order valence-electron chi connectivity index (χ3n) is 6.69. The molecule has 0 aromatic rings. The Morgan fingerprint density at radius 3 is 1.98 bits per heavy atom. The molecule has 2 aliphatic heterocycles. The van der Waals surface area contributed by atoms with Gasteiger partial charge in [-0.1, -0.05) is 27.7 Å². The molecule has 2 rings (SSSR count). The van der Waals surface area contributed by atoms with E-state index in [-0.39, 0.29) is 32.5 Å². The second kappa shape index (κ2) is 17.1. The highest BCUT2D eigenvalue weighted by molar-refractivity contribution is 5.85. The van der Waals surface area contributed by atoms with Gasteiger partial charge in [-0.3, -0.25) is 4.79 Å². The largest absolute Gasteiger partial charge is 0.457 e. The van der Waals surface area contributed by atoms with E-state index in [1.165, 1.54) is 0 Å². The van der Waals surface area contributed by atoms with E-state index in [1.807, 2.05) is 0 Å². The molecule has 0 aromatic heterocycles. The van der Waals surface area contributed by atoms with Crippen LogP contribution in [0, 0.1) is 32.1 Å². The van der Waals surface area contributed by atoms with Crippen molar-refractivity contribution in [3.8, 4) is 0 Å². The summed E-state index contributed by atoms with van der Waals surface area (Å²) >= 11 is 0. The summed E-state index contributed by atoms with van der Waals surface area (Å²) in [6.07, 6.45) is -6.91. The van der Waals surface area contributed by atoms with Gasteiger partial charge < -0.3 is 43.4 Å². The summed E-state index contributed by atoms with van der Waals surface area (Å²) in [6, 6.07) is -1.10. The van der Waals surface area contributed by atoms with Crippen LogP contribution in [0.3, 0.4) is 0 Å². The van der Waals surface area contributed by atoms with E-state index in [4.69, 9.17) is 28.4 Å². The van der Waals surface area contributed by atoms with Crippen molar-refractivity contribution in [3.05, 3.63) is 20.2 Å². The number of alkyl carbamates (subject to hydrolysis) is 1. The van der Waals surface area contributed by atoms with Gasteiger partial charge >= 0.3 is 24.0 Å². The first-order valence-electron chi connectivity index (χ1n) is 14.8. The van der Waals surface area contributed by atoms with E-state index in [0.29, 0.717) is 0 Å². The Balaban J connectivity index is 1.90. The smallest absolute Gasteiger partial charge is 0.408 e. The molecule has 2 fully saturated rings. The third-order valence-corrected chi connectivity index (χ3v) is 6.69. The van der Waals surface area contributed by atoms with Crippen LogP contribution >= 0.6 is 0 Å². The number of hydrogen-bond donors (Lipinski definition) is 1. The first-order chi connectivity index (χ1) is 21.4. The molecule has 0 aromatic carbocycles. The number of fused-ring (bicyclic) bond motifs is 1. The van der Waals surface area contributed by atoms with Crippen LogP contribution in [0.15, 0.2) is 0 Å². The highest BCUT2D eigenvalue weighted by atomic mass is 17.0. The van der Waals surface area contributed by atoms with Gasteiger partial charge in [0.25, 0.3) is 10.2 Å². The zero-order valence-electron chi connectivity index (χ0n) is 26.9. The summed E-state index contributed by atoms with van der Waals surface area (Å²) in [6.45, 7) is 10.9. The number of carbonyl (C=O) groups is 4. The van der Waals surface area contributed by atoms with Crippen LogP contribution in [0.1, 0.15) is 67.7 Å². The van der Waals surface area contributed by atoms with Crippen LogP contribution < -0.4 is 5.32 Å². The second-order valence-corrected chi connectivity index (χ2v) is 12.4. The van der Waals surface area contributed by atoms with Gasteiger partial charge in [0, 0.05) is 12.3 Å². The van der Waals surface area contributed by atoms with Crippen LogP contribution in [-0.2, 0) is 52.5 Å². The lowest BCUT2D eigenvalue weighted by Gasteiger charge is -2.28. The molecule has 0 bridgehead atoms. The van der Waals surface area contributed by atoms with Gasteiger partial charge in [0.05, 0.1) is 13.2 Å². The number of rotatable bonds is 17. The minimum atomic E-state index is -1.32. The summed E-state index contributed by atoms with van der Waals surface area (Å²) in [5.41, 5.74) is -0.793. The molecule has 2 heterocycles. The Labute approximate surface area is 265 Å². The first-order valence-corrected chi connectivity index (χ1v) is 14.8. The molecule has 0 spiro atoms. The summed E-state index contributed by atoms with van der Waals surface area (Å²) in [5, 5.41) is 21.2. The lowest BCUT2D eigenvalue weighted by molar-refractivity contribution is -0.790. The molecule has 0 unspecified atom stereocenters. The zero-order chi connectivity index (χ0) is 34.8. The minimum Gasteiger partial charge on any atom is -0.457 e. The molecule has 0 aliphatic carbocycles. The number of hydrogen-bond acceptors (Lipinski definition) is 16. The van der Waals surface area contributed by atoms with E-state index >= 15 is 0 Å². The topological polar surface area (TPSA) is 240 Å². The molecule has 0 saturated carbocycles. The fourth-order valence-electron chi connectivity index (χ4n) is 4.57. The van der Waals surface area contributed by atoms with Crippen molar-refractivity contribution >= 4 is 24.0 Å². The van der Waals surface area contributed by atoms with E-state index in [1.54, 1.807) is 48.5 Å². The lowest BCUT2D eigenvalue weighted by Crippen LogP contribution is -2.49. The molecule has 1 amide bonds. The number of esters is 3. The van der Waals surface area contributed by atoms with E-state index in [2.05, 4.69) is 15.0 Å². The molecule has 7 atom stereocenters. The number of carbonyl (C=O) groups excluding carboxylic acids is 4. The van der Waals surface area contributed by atoms with Gasteiger partial charge in [0.15, 0.2) is 12.2 Å². The Morgan fingerprint density at radius 2 is 1.48 bits per heavy atom. The average molecular weight is 666 g/mol. The number of amides is 1. The SMILES string of the molecule is CC(C)[C@H](NC(=O)OC(C)(C)C)C(=O)O[C@H](C(=O)O[C@@H]1CO[C@H]2[C@@H]1OC[C@H]2OC(=O)CCC[C@@H](CO[N+](=O)[O-])O[N+](=O)[O-])C(C)C. The van der Waals surface area contributed by atoms with Gasteiger partial charge in [-0.25, -0.2) is 14.4 Å². The predicted octanol–water partition coefficient (Wildman–Crippen LogP) is 1.68. The molecule has 262 valence electrons. The lowest BCUT2D eigenvalue weighted by atomic mass is 10.0. The normalized spacial score (nSPS) is 22.6. The van der Waals surface area contributed by atoms with Crippen LogP contribution in [0.2, 0.25) is 0 Å². The summed E-state index contributed by atoms with van der Waals surface area (Å²) in [4.78, 5) is 80.2. The van der Waals surface area contributed by atoms with Crippen molar-refractivity contribution in [3.63, 3.8) is 0 Å². The maximum atomic E-state index is 13.1. The number of nitrogens with one attached hydrogen (secondary N) is 1. The molecule has 19 heteroatoms. The fourth-order valence-corrected chi connectivity index (χ4v) is 4.57. The molecular weight excluding hydrogens is 622 g/mol. The van der Waals surface area contributed by atoms with Crippen LogP contribution in [0.25, 0.3) is 0 Å². The van der Waals surface area contributed by atoms with Crippen LogP contribution in [-0.4, -0.2) is 102 Å². The standard InChI is InChI=1S/C27H43N3O16/c1-14(2)20(28-26(34)45-27(5,6)7)24(32)44-21(15(3)4)25(33)43-18-13-40-22-17(12-39-23(18)22)42-19(31)10-8-9-16(46-30(37)38)11-41-29(35)36/h14-18,20-23H,8-13H2,1-7H3,(H,28,34)/t16-,17+,18+,20-,21-,22+,23+/m0/s1. The van der Waals surface area contributed by atoms with Crippen molar-refractivity contribution < 1.29 is 67.4 Å². The Morgan fingerprint density at radius 1 is 0.891 bits per heavy atom. The van der Waals surface area contributed by atoms with Crippen molar-refractivity contribution in [2.45, 2.75) is 116 Å². The van der Waals surface area contributed by atoms with E-state index in [0.717, 1.165) is 0 Å². The maximum absolute atomic E-state index is 13.1. The molecule has 2 saturated heterocycles. The minimum absolute atomic E-state index is 0.0431. The Kier molecular flexibility index (Phi) is 14.2.